The molecule has 0 saturated carbocycles. The van der Waals surface area contributed by atoms with E-state index in [1.54, 1.807) is 12.5 Å². The predicted molar refractivity (Wildman–Crippen MR) is 117 cm³/mol. The number of carbonyl (C=O) groups is 1. The van der Waals surface area contributed by atoms with Crippen molar-refractivity contribution in [1.82, 2.24) is 20.3 Å². The Morgan fingerprint density at radius 2 is 2.07 bits per heavy atom. The van der Waals surface area contributed by atoms with Crippen molar-refractivity contribution in [3.63, 3.8) is 0 Å². The van der Waals surface area contributed by atoms with E-state index in [0.717, 1.165) is 72.7 Å². The number of H-pyrrole nitrogens is 1. The van der Waals surface area contributed by atoms with Crippen LogP contribution in [0.4, 0.5) is 5.69 Å². The number of aromatic nitrogens is 3. The smallest absolute Gasteiger partial charge is 0.257 e. The first-order chi connectivity index (χ1) is 14.8. The number of rotatable bonds is 8. The van der Waals surface area contributed by atoms with Gasteiger partial charge >= 0.3 is 0 Å². The summed E-state index contributed by atoms with van der Waals surface area (Å²) in [6.07, 6.45) is 9.08. The minimum Gasteiger partial charge on any atom is -0.492 e. The molecule has 0 aliphatic heterocycles. The molecule has 1 amide bonds. The molecule has 0 bridgehead atoms. The highest BCUT2D eigenvalue weighted by molar-refractivity contribution is 6.09. The molecule has 0 saturated heterocycles. The van der Waals surface area contributed by atoms with E-state index < -0.39 is 0 Å². The molecular weight excluding hydrogens is 378 g/mol. The van der Waals surface area contributed by atoms with Crippen molar-refractivity contribution in [2.24, 2.45) is 0 Å². The normalized spacial score (nSPS) is 12.6. The van der Waals surface area contributed by atoms with Gasteiger partial charge in [-0.1, -0.05) is 6.92 Å². The quantitative estimate of drug-likeness (QED) is 0.498. The number of fused-ring (bicyclic) bond motifs is 3. The van der Waals surface area contributed by atoms with E-state index in [4.69, 9.17) is 4.74 Å². The predicted octanol–water partition coefficient (Wildman–Crippen LogP) is 3.59. The summed E-state index contributed by atoms with van der Waals surface area (Å²) in [7, 11) is 0. The van der Waals surface area contributed by atoms with Gasteiger partial charge in [0.05, 0.1) is 11.3 Å². The van der Waals surface area contributed by atoms with E-state index in [-0.39, 0.29) is 5.91 Å². The highest BCUT2D eigenvalue weighted by Crippen LogP contribution is 2.33. The number of hydrogen-bond acceptors (Lipinski definition) is 5. The van der Waals surface area contributed by atoms with Crippen LogP contribution >= 0.6 is 0 Å². The van der Waals surface area contributed by atoms with Crippen molar-refractivity contribution >= 4 is 11.6 Å². The van der Waals surface area contributed by atoms with E-state index >= 15 is 0 Å². The second kappa shape index (κ2) is 9.54. The second-order valence-electron chi connectivity index (χ2n) is 7.38. The zero-order valence-corrected chi connectivity index (χ0v) is 17.2. The lowest BCUT2D eigenvalue weighted by Gasteiger charge is -2.10. The molecule has 1 aromatic carbocycles. The van der Waals surface area contributed by atoms with Crippen LogP contribution in [0.2, 0.25) is 0 Å². The minimum atomic E-state index is -0.156. The van der Waals surface area contributed by atoms with E-state index in [1.165, 1.54) is 0 Å². The molecule has 4 rings (SSSR count). The van der Waals surface area contributed by atoms with Crippen LogP contribution in [0.25, 0.3) is 11.3 Å². The fourth-order valence-electron chi connectivity index (χ4n) is 3.71. The molecule has 156 valence electrons. The molecule has 30 heavy (non-hydrogen) atoms. The maximum Gasteiger partial charge on any atom is 0.257 e. The molecule has 3 N–H and O–H groups in total. The van der Waals surface area contributed by atoms with Gasteiger partial charge in [0.2, 0.25) is 0 Å². The fourth-order valence-corrected chi connectivity index (χ4v) is 3.71. The van der Waals surface area contributed by atoms with Crippen LogP contribution in [0.3, 0.4) is 0 Å². The molecule has 1 aliphatic rings. The SMILES string of the molecule is CCCNCCOc1ccc(NC(=O)c2c[nH]c3c2-c2ncncc2CCC3)cc1. The number of nitrogens with one attached hydrogen (secondary N) is 3. The Morgan fingerprint density at radius 3 is 2.90 bits per heavy atom. The van der Waals surface area contributed by atoms with Gasteiger partial charge in [0.15, 0.2) is 0 Å². The van der Waals surface area contributed by atoms with Crippen molar-refractivity contribution in [2.45, 2.75) is 32.6 Å². The number of carbonyl (C=O) groups excluding carboxylic acids is 1. The summed E-state index contributed by atoms with van der Waals surface area (Å²) in [6, 6.07) is 7.45. The Balaban J connectivity index is 1.44. The Hall–Kier alpha value is -3.19. The van der Waals surface area contributed by atoms with Crippen LogP contribution in [0.5, 0.6) is 5.75 Å². The molecule has 1 aliphatic carbocycles. The van der Waals surface area contributed by atoms with Crippen molar-refractivity contribution in [3.8, 4) is 17.0 Å². The number of aromatic amines is 1. The third-order valence-electron chi connectivity index (χ3n) is 5.19. The van der Waals surface area contributed by atoms with Crippen molar-refractivity contribution in [1.29, 1.82) is 0 Å². The maximum atomic E-state index is 13.0. The maximum absolute atomic E-state index is 13.0. The molecule has 3 aromatic rings. The lowest BCUT2D eigenvalue weighted by atomic mass is 10.0. The van der Waals surface area contributed by atoms with Gasteiger partial charge in [-0.2, -0.15) is 0 Å². The van der Waals surface area contributed by atoms with Crippen LogP contribution in [0.1, 0.15) is 41.4 Å². The summed E-state index contributed by atoms with van der Waals surface area (Å²) >= 11 is 0. The number of nitrogens with zero attached hydrogens (tertiary/aromatic N) is 2. The number of amides is 1. The van der Waals surface area contributed by atoms with Crippen molar-refractivity contribution in [3.05, 3.63) is 59.8 Å². The molecule has 0 radical (unpaired) electrons. The summed E-state index contributed by atoms with van der Waals surface area (Å²) in [4.78, 5) is 24.9. The van der Waals surface area contributed by atoms with Crippen molar-refractivity contribution < 1.29 is 9.53 Å². The van der Waals surface area contributed by atoms with Crippen LogP contribution < -0.4 is 15.4 Å². The summed E-state index contributed by atoms with van der Waals surface area (Å²) in [5, 5.41) is 6.29. The van der Waals surface area contributed by atoms with Crippen LogP contribution in [0, 0.1) is 0 Å². The number of hydrogen-bond donors (Lipinski definition) is 3. The molecular formula is C23H27N5O2. The molecule has 0 spiro atoms. The summed E-state index contributed by atoms with van der Waals surface area (Å²) in [6.45, 7) is 4.56. The van der Waals surface area contributed by atoms with Gasteiger partial charge < -0.3 is 20.4 Å². The molecule has 7 heteroatoms. The van der Waals surface area contributed by atoms with E-state index in [1.807, 2.05) is 30.5 Å². The highest BCUT2D eigenvalue weighted by Gasteiger charge is 2.24. The Labute approximate surface area is 176 Å². The Kier molecular flexibility index (Phi) is 6.39. The van der Waals surface area contributed by atoms with Gasteiger partial charge in [-0.05, 0) is 62.1 Å². The number of benzene rings is 1. The molecule has 0 unspecified atom stereocenters. The highest BCUT2D eigenvalue weighted by atomic mass is 16.5. The van der Waals surface area contributed by atoms with Crippen LogP contribution in [0.15, 0.2) is 43.0 Å². The first-order valence-corrected chi connectivity index (χ1v) is 10.5. The lowest BCUT2D eigenvalue weighted by molar-refractivity contribution is 0.102. The summed E-state index contributed by atoms with van der Waals surface area (Å²) in [5.74, 6) is 0.629. The topological polar surface area (TPSA) is 91.9 Å². The second-order valence-corrected chi connectivity index (χ2v) is 7.38. The average molecular weight is 406 g/mol. The monoisotopic (exact) mass is 405 g/mol. The molecule has 0 fully saturated rings. The first-order valence-electron chi connectivity index (χ1n) is 10.5. The van der Waals surface area contributed by atoms with Crippen LogP contribution in [-0.2, 0) is 12.8 Å². The zero-order valence-electron chi connectivity index (χ0n) is 17.2. The van der Waals surface area contributed by atoms with Gasteiger partial charge in [0.1, 0.15) is 18.7 Å². The molecule has 2 heterocycles. The van der Waals surface area contributed by atoms with E-state index in [2.05, 4.69) is 32.5 Å². The van der Waals surface area contributed by atoms with Crippen molar-refractivity contribution in [2.75, 3.05) is 25.0 Å². The van der Waals surface area contributed by atoms with Gasteiger partial charge in [0.25, 0.3) is 5.91 Å². The van der Waals surface area contributed by atoms with Gasteiger partial charge in [-0.25, -0.2) is 9.97 Å². The summed E-state index contributed by atoms with van der Waals surface area (Å²) in [5.41, 5.74) is 5.21. The zero-order chi connectivity index (χ0) is 20.8. The minimum absolute atomic E-state index is 0.156. The molecule has 0 atom stereocenters. The van der Waals surface area contributed by atoms with Gasteiger partial charge in [-0.15, -0.1) is 0 Å². The first kappa shape index (κ1) is 20.1. The largest absolute Gasteiger partial charge is 0.492 e. The van der Waals surface area contributed by atoms with E-state index in [9.17, 15) is 4.79 Å². The van der Waals surface area contributed by atoms with E-state index in [0.29, 0.717) is 12.2 Å². The Morgan fingerprint density at radius 1 is 1.20 bits per heavy atom. The number of aryl methyl sites for hydroxylation is 2. The van der Waals surface area contributed by atoms with Gasteiger partial charge in [0, 0.05) is 35.9 Å². The third-order valence-corrected chi connectivity index (χ3v) is 5.19. The Bertz CT molecular complexity index is 997. The third kappa shape index (κ3) is 4.52. The molecule has 7 nitrogen and oxygen atoms in total. The number of ether oxygens (including phenoxy) is 1. The van der Waals surface area contributed by atoms with Crippen LogP contribution in [-0.4, -0.2) is 40.6 Å². The summed E-state index contributed by atoms with van der Waals surface area (Å²) < 4.78 is 5.72. The average Bonchev–Trinajstić information content (AvgIpc) is 3.10. The fraction of sp³-hybridized carbons (Fsp3) is 0.348. The molecule has 2 aromatic heterocycles. The van der Waals surface area contributed by atoms with Gasteiger partial charge in [-0.3, -0.25) is 4.79 Å². The number of anilines is 1. The standard InChI is InChI=1S/C23H27N5O2/c1-2-10-24-11-12-30-18-8-6-17(7-9-18)28-23(29)19-14-26-20-5-3-4-16-13-25-15-27-22(16)21(19)20/h6-9,13-15,24,26H,2-5,10-12H2,1H3,(H,28,29). The lowest BCUT2D eigenvalue weighted by Crippen LogP contribution is -2.21.